The number of benzene rings is 5. The summed E-state index contributed by atoms with van der Waals surface area (Å²) >= 11 is 0. The van der Waals surface area contributed by atoms with Crippen molar-refractivity contribution in [3.63, 3.8) is 0 Å². The van der Waals surface area contributed by atoms with Gasteiger partial charge in [-0.1, -0.05) is 263 Å². The molecule has 0 unspecified atom stereocenters. The van der Waals surface area contributed by atoms with Gasteiger partial charge in [-0.15, -0.1) is 12.4 Å². The molecule has 0 radical (unpaired) electrons. The number of rotatable bonds is 6. The van der Waals surface area contributed by atoms with E-state index in [0.29, 0.717) is 0 Å². The Labute approximate surface area is 425 Å². The molecule has 5 aromatic rings. The van der Waals surface area contributed by atoms with E-state index in [1.54, 1.807) is 0 Å². The van der Waals surface area contributed by atoms with Crippen molar-refractivity contribution in [3.8, 4) is 0 Å². The maximum atomic E-state index is 2.59. The Kier molecular flexibility index (Phi) is 17.5. The van der Waals surface area contributed by atoms with Gasteiger partial charge in [-0.3, -0.25) is 0 Å². The van der Waals surface area contributed by atoms with E-state index >= 15 is 0 Å². The molecule has 0 bridgehead atoms. The number of hydrogen-bond donors (Lipinski definition) is 0. The molecule has 362 valence electrons. The van der Waals surface area contributed by atoms with Crippen LogP contribution >= 0.6 is 28.3 Å². The molecule has 5 rings (SSSR count). The zero-order valence-electron chi connectivity index (χ0n) is 45.9. The molecule has 0 N–H and O–H groups in total. The minimum Gasteiger partial charge on any atom is -0.147 e. The molecule has 66 heavy (non-hydrogen) atoms. The van der Waals surface area contributed by atoms with E-state index in [2.05, 4.69) is 263 Å². The van der Waals surface area contributed by atoms with Gasteiger partial charge < -0.3 is 0 Å². The van der Waals surface area contributed by atoms with Crippen molar-refractivity contribution in [2.24, 2.45) is 0 Å². The Hall–Kier alpha value is -2.23. The average Bonchev–Trinajstić information content (AvgIpc) is 3.12. The molecule has 0 spiro atoms. The van der Waals surface area contributed by atoms with Crippen LogP contribution in [0.1, 0.15) is 211 Å². The molecule has 0 aliphatic rings. The third-order valence-corrected chi connectivity index (χ3v) is 18.0. The first-order valence-corrected chi connectivity index (χ1v) is 26.8. The summed E-state index contributed by atoms with van der Waals surface area (Å²) in [5.41, 5.74) is 11.2. The second-order valence-electron chi connectivity index (χ2n) is 27.2. The Morgan fingerprint density at radius 1 is 0.242 bits per heavy atom. The molecule has 4 heteroatoms. The van der Waals surface area contributed by atoms with Gasteiger partial charge in [0.25, 0.3) is 0 Å². The molecule has 0 amide bonds. The van der Waals surface area contributed by atoms with Crippen molar-refractivity contribution in [2.75, 3.05) is 0 Å². The molecule has 0 saturated carbocycles. The van der Waals surface area contributed by atoms with Crippen LogP contribution in [-0.4, -0.2) is 0 Å². The van der Waals surface area contributed by atoms with Gasteiger partial charge in [-0.2, -0.15) is 0 Å². The molecule has 0 atom stereocenters. The fourth-order valence-corrected chi connectivity index (χ4v) is 13.7. The van der Waals surface area contributed by atoms with E-state index in [0.717, 1.165) is 0 Å². The molecular formula is C62H89ClFeP2. The zero-order valence-corrected chi connectivity index (χ0v) is 49.6. The molecule has 0 aliphatic carbocycles. The van der Waals surface area contributed by atoms with Crippen molar-refractivity contribution >= 4 is 60.1 Å². The predicted molar refractivity (Wildman–Crippen MR) is 301 cm³/mol. The number of halogens is 1. The van der Waals surface area contributed by atoms with Gasteiger partial charge >= 0.3 is 0 Å². The summed E-state index contributed by atoms with van der Waals surface area (Å²) in [5.74, 6) is 0. The first-order chi connectivity index (χ1) is 28.8. The summed E-state index contributed by atoms with van der Waals surface area (Å²) in [5, 5.41) is 8.71. The second-order valence-corrected chi connectivity index (χ2v) is 31.6. The van der Waals surface area contributed by atoms with Gasteiger partial charge in [0, 0.05) is 17.1 Å². The summed E-state index contributed by atoms with van der Waals surface area (Å²) in [6.45, 7) is 57.2. The third-order valence-electron chi connectivity index (χ3n) is 13.0. The Balaban J connectivity index is 0.00000578. The van der Waals surface area contributed by atoms with Gasteiger partial charge in [0.1, 0.15) is 0 Å². The molecule has 0 aromatic heterocycles. The number of hydrogen-bond acceptors (Lipinski definition) is 0. The minimum atomic E-state index is -1.04. The minimum absolute atomic E-state index is 0. The Morgan fingerprint density at radius 3 is 0.500 bits per heavy atom. The molecule has 0 aliphatic heterocycles. The van der Waals surface area contributed by atoms with Gasteiger partial charge in [0.2, 0.25) is 0 Å². The fraction of sp³-hybridized carbons (Fsp3) is 0.516. The van der Waals surface area contributed by atoms with Crippen molar-refractivity contribution in [3.05, 3.63) is 142 Å². The molecule has 5 aromatic carbocycles. The molecule has 0 fully saturated rings. The van der Waals surface area contributed by atoms with Crippen molar-refractivity contribution in [1.82, 2.24) is 0 Å². The van der Waals surface area contributed by atoms with E-state index in [1.165, 1.54) is 76.3 Å². The summed E-state index contributed by atoms with van der Waals surface area (Å²) in [6.07, 6.45) is 0. The van der Waals surface area contributed by atoms with Crippen molar-refractivity contribution in [2.45, 2.75) is 209 Å². The van der Waals surface area contributed by atoms with Crippen LogP contribution < -0.4 is 31.8 Å². The molecular weight excluding hydrogens is 898 g/mol. The molecule has 0 nitrogen and oxygen atoms in total. The van der Waals surface area contributed by atoms with Crippen LogP contribution in [0.25, 0.3) is 0 Å². The fourth-order valence-electron chi connectivity index (χ4n) is 8.12. The molecule has 0 heterocycles. The summed E-state index contributed by atoms with van der Waals surface area (Å²) < 4.78 is 0. The maximum absolute atomic E-state index is 2.59. The van der Waals surface area contributed by atoms with E-state index < -0.39 is 15.8 Å². The average molecular weight is 988 g/mol. The van der Waals surface area contributed by atoms with Crippen LogP contribution in [0, 0.1) is 0 Å². The van der Waals surface area contributed by atoms with Gasteiger partial charge in [0.05, 0.1) is 0 Å². The maximum Gasteiger partial charge on any atom is 0 e. The van der Waals surface area contributed by atoms with Crippen molar-refractivity contribution in [1.29, 1.82) is 0 Å². The third kappa shape index (κ3) is 13.8. The van der Waals surface area contributed by atoms with Crippen LogP contribution in [0.5, 0.6) is 0 Å². The zero-order chi connectivity index (χ0) is 48.6. The smallest absolute Gasteiger partial charge is 0 e. The van der Waals surface area contributed by atoms with E-state index in [1.807, 2.05) is 0 Å². The topological polar surface area (TPSA) is 0 Å². The summed E-state index contributed by atoms with van der Waals surface area (Å²) in [6, 6.07) is 40.5. The van der Waals surface area contributed by atoms with E-state index in [-0.39, 0.29) is 72.8 Å². The van der Waals surface area contributed by atoms with Crippen LogP contribution in [0.15, 0.2) is 97.1 Å². The first kappa shape index (κ1) is 58.1. The first-order valence-electron chi connectivity index (χ1n) is 24.1. The Morgan fingerprint density at radius 2 is 0.379 bits per heavy atom. The van der Waals surface area contributed by atoms with Gasteiger partial charge in [0.15, 0.2) is 0 Å². The summed E-state index contributed by atoms with van der Waals surface area (Å²) in [4.78, 5) is 0. The SMILES string of the molecule is CC(C)(C)c1cc(P(c2cc(C(C)(C)C)cc(C(C)(C)C)c2)c2ccccc2P(c2cc(C(C)(C)C)cc(C(C)(C)C)c2)c2cc(C(C)(C)C)cc(C(C)(C)C)c2)cc(C(C)(C)C)c1.Cl.[Fe]. The van der Waals surface area contributed by atoms with E-state index in [4.69, 9.17) is 0 Å². The quantitative estimate of drug-likeness (QED) is 0.117. The standard InChI is InChI=1S/C62H88P2.ClH.Fe/c1-55(2,3)41-29-42(56(4,5)6)34-49(33-41)63(50-35-43(57(7,8)9)30-44(36-50)58(10,11)12)53-27-25-26-28-54(53)64(51-37-45(59(13,14)15)31-46(38-51)60(16,17)18)52-39-47(61(19,20)21)32-48(40-52)62(22,23)24;;/h25-40H,1-24H3;1H;. The largest absolute Gasteiger partial charge is 0.147 e. The van der Waals surface area contributed by atoms with Crippen LogP contribution in [0.4, 0.5) is 0 Å². The van der Waals surface area contributed by atoms with Crippen LogP contribution in [0.2, 0.25) is 0 Å². The molecule has 0 saturated heterocycles. The second kappa shape index (κ2) is 19.9. The van der Waals surface area contributed by atoms with Gasteiger partial charge in [-0.25, -0.2) is 0 Å². The van der Waals surface area contributed by atoms with E-state index in [9.17, 15) is 0 Å². The monoisotopic (exact) mass is 987 g/mol. The van der Waals surface area contributed by atoms with Crippen LogP contribution in [-0.2, 0) is 60.4 Å². The van der Waals surface area contributed by atoms with Crippen LogP contribution in [0.3, 0.4) is 0 Å². The summed E-state index contributed by atoms with van der Waals surface area (Å²) in [7, 11) is -2.08. The normalized spacial score (nSPS) is 13.5. The predicted octanol–water partition coefficient (Wildman–Crippen LogP) is 16.0. The van der Waals surface area contributed by atoms with Crippen molar-refractivity contribution < 1.29 is 17.1 Å². The Bertz CT molecular complexity index is 2010. The van der Waals surface area contributed by atoms with Gasteiger partial charge in [-0.05, 0) is 135 Å².